The number of amides is 3. The molecule has 5 rings (SSSR count). The number of halogens is 2. The summed E-state index contributed by atoms with van der Waals surface area (Å²) in [6.07, 6.45) is 2.08. The number of carbonyl (C=O) groups excluding carboxylic acids is 1. The molecule has 0 saturated carbocycles. The van der Waals surface area contributed by atoms with Gasteiger partial charge in [-0.1, -0.05) is 0 Å². The normalized spacial score (nSPS) is 12.8. The van der Waals surface area contributed by atoms with E-state index in [1.165, 1.54) is 49.6 Å². The number of fused-ring (bicyclic) bond motifs is 1. The second-order valence-electron chi connectivity index (χ2n) is 8.94. The van der Waals surface area contributed by atoms with E-state index >= 15 is 8.78 Å². The van der Waals surface area contributed by atoms with Crippen molar-refractivity contribution in [2.75, 3.05) is 29.3 Å². The van der Waals surface area contributed by atoms with Gasteiger partial charge in [0.25, 0.3) is 0 Å². The Morgan fingerprint density at radius 3 is 2.27 bits per heavy atom. The molecule has 11 nitrogen and oxygen atoms in total. The van der Waals surface area contributed by atoms with Crippen LogP contribution in [0.15, 0.2) is 48.8 Å². The minimum Gasteiger partial charge on any atom is -0.493 e. The van der Waals surface area contributed by atoms with Crippen LogP contribution in [0.1, 0.15) is 11.3 Å². The first-order chi connectivity index (χ1) is 19.1. The largest absolute Gasteiger partial charge is 0.493 e. The highest BCUT2D eigenvalue weighted by atomic mass is 19.1. The number of hydrogen-bond donors (Lipinski definition) is 2. The Bertz CT molecular complexity index is 1610. The van der Waals surface area contributed by atoms with Gasteiger partial charge < -0.3 is 14.6 Å². The lowest BCUT2D eigenvalue weighted by atomic mass is 10.1. The molecule has 0 radical (unpaired) electrons. The minimum atomic E-state index is -1.25. The predicted molar refractivity (Wildman–Crippen MR) is 142 cm³/mol. The van der Waals surface area contributed by atoms with E-state index in [9.17, 15) is 9.59 Å². The molecule has 40 heavy (non-hydrogen) atoms. The highest BCUT2D eigenvalue weighted by Gasteiger charge is 2.37. The summed E-state index contributed by atoms with van der Waals surface area (Å²) < 4.78 is 42.8. The van der Waals surface area contributed by atoms with Crippen LogP contribution in [-0.2, 0) is 13.6 Å². The Morgan fingerprint density at radius 2 is 1.73 bits per heavy atom. The topological polar surface area (TPSA) is 122 Å². The molecular formula is C27H24F2N6O5. The molecule has 2 aromatic carbocycles. The van der Waals surface area contributed by atoms with Crippen molar-refractivity contribution < 1.29 is 33.0 Å². The number of aromatic nitrogens is 3. The van der Waals surface area contributed by atoms with Crippen LogP contribution in [0.3, 0.4) is 0 Å². The molecule has 206 valence electrons. The van der Waals surface area contributed by atoms with Gasteiger partial charge in [-0.15, -0.1) is 0 Å². The molecule has 3 heterocycles. The molecule has 0 saturated heterocycles. The molecule has 0 bridgehead atoms. The average Bonchev–Trinajstić information content (AvgIpc) is 3.27. The van der Waals surface area contributed by atoms with E-state index in [4.69, 9.17) is 14.6 Å². The maximum atomic E-state index is 15.5. The zero-order valence-corrected chi connectivity index (χ0v) is 21.9. The molecule has 2 aromatic heterocycles. The number of benzene rings is 2. The van der Waals surface area contributed by atoms with Gasteiger partial charge in [0.05, 0.1) is 43.5 Å². The Balaban J connectivity index is 1.69. The molecule has 0 aliphatic carbocycles. The first-order valence-corrected chi connectivity index (χ1v) is 11.9. The van der Waals surface area contributed by atoms with Gasteiger partial charge in [-0.3, -0.25) is 24.8 Å². The summed E-state index contributed by atoms with van der Waals surface area (Å²) in [6, 6.07) is 7.98. The summed E-state index contributed by atoms with van der Waals surface area (Å²) in [5.41, 5.74) is 2.89. The lowest BCUT2D eigenvalue weighted by Gasteiger charge is -2.37. The minimum absolute atomic E-state index is 0.202. The van der Waals surface area contributed by atoms with E-state index in [2.05, 4.69) is 15.4 Å². The van der Waals surface area contributed by atoms with Gasteiger partial charge in [-0.05, 0) is 37.3 Å². The van der Waals surface area contributed by atoms with Crippen molar-refractivity contribution in [1.29, 1.82) is 0 Å². The maximum absolute atomic E-state index is 15.5. The quantitative estimate of drug-likeness (QED) is 0.327. The summed E-state index contributed by atoms with van der Waals surface area (Å²) in [6.45, 7) is 1.63. The van der Waals surface area contributed by atoms with Crippen molar-refractivity contribution in [3.05, 3.63) is 71.7 Å². The summed E-state index contributed by atoms with van der Waals surface area (Å²) in [7, 11) is 4.22. The van der Waals surface area contributed by atoms with Crippen LogP contribution in [0.4, 0.5) is 41.1 Å². The first kappa shape index (κ1) is 26.4. The van der Waals surface area contributed by atoms with E-state index in [1.807, 2.05) is 6.92 Å². The monoisotopic (exact) mass is 550 g/mol. The van der Waals surface area contributed by atoms with Crippen molar-refractivity contribution in [2.45, 2.75) is 13.5 Å². The second-order valence-corrected chi connectivity index (χ2v) is 8.94. The number of methoxy groups -OCH3 is 2. The number of carbonyl (C=O) groups is 2. The summed E-state index contributed by atoms with van der Waals surface area (Å²) in [5.74, 6) is -2.76. The zero-order chi connectivity index (χ0) is 28.7. The van der Waals surface area contributed by atoms with Gasteiger partial charge in [0.1, 0.15) is 5.69 Å². The number of nitrogens with one attached hydrogen (secondary N) is 1. The fourth-order valence-corrected chi connectivity index (χ4v) is 4.61. The summed E-state index contributed by atoms with van der Waals surface area (Å²) in [4.78, 5) is 31.9. The molecule has 1 aliphatic rings. The molecule has 0 atom stereocenters. The van der Waals surface area contributed by atoms with Crippen molar-refractivity contribution in [3.63, 3.8) is 0 Å². The number of anilines is 4. The highest BCUT2D eigenvalue weighted by molar-refractivity contribution is 6.11. The Morgan fingerprint density at radius 1 is 1.07 bits per heavy atom. The summed E-state index contributed by atoms with van der Waals surface area (Å²) >= 11 is 0. The van der Waals surface area contributed by atoms with E-state index < -0.39 is 29.4 Å². The third-order valence-electron chi connectivity index (χ3n) is 6.44. The van der Waals surface area contributed by atoms with Crippen LogP contribution in [0, 0.1) is 18.6 Å². The van der Waals surface area contributed by atoms with Gasteiger partial charge in [0, 0.05) is 42.3 Å². The van der Waals surface area contributed by atoms with Crippen LogP contribution in [0.2, 0.25) is 0 Å². The van der Waals surface area contributed by atoms with Crippen LogP contribution >= 0.6 is 0 Å². The smallest absolute Gasteiger partial charge is 0.409 e. The van der Waals surface area contributed by atoms with Gasteiger partial charge >= 0.3 is 12.1 Å². The first-order valence-electron chi connectivity index (χ1n) is 11.9. The zero-order valence-electron chi connectivity index (χ0n) is 21.9. The second kappa shape index (κ2) is 10.2. The van der Waals surface area contributed by atoms with Crippen molar-refractivity contribution in [2.24, 2.45) is 7.05 Å². The predicted octanol–water partition coefficient (Wildman–Crippen LogP) is 5.45. The van der Waals surface area contributed by atoms with E-state index in [0.29, 0.717) is 22.6 Å². The number of ether oxygens (including phenoxy) is 2. The van der Waals surface area contributed by atoms with Crippen LogP contribution < -0.4 is 24.6 Å². The maximum Gasteiger partial charge on any atom is 0.409 e. The van der Waals surface area contributed by atoms with Crippen molar-refractivity contribution in [3.8, 4) is 22.8 Å². The molecule has 13 heteroatoms. The highest BCUT2D eigenvalue weighted by Crippen LogP contribution is 2.43. The number of carboxylic acid groups (broad SMARTS) is 1. The number of hydrogen-bond acceptors (Lipinski definition) is 6. The van der Waals surface area contributed by atoms with Crippen LogP contribution in [0.25, 0.3) is 11.3 Å². The van der Waals surface area contributed by atoms with Gasteiger partial charge in [0.2, 0.25) is 0 Å². The van der Waals surface area contributed by atoms with E-state index in [-0.39, 0.29) is 23.7 Å². The van der Waals surface area contributed by atoms with Crippen LogP contribution in [-0.4, -0.2) is 46.2 Å². The van der Waals surface area contributed by atoms with Crippen molar-refractivity contribution >= 4 is 34.9 Å². The Labute approximate surface area is 227 Å². The number of pyridine rings is 1. The van der Waals surface area contributed by atoms with Crippen molar-refractivity contribution in [1.82, 2.24) is 14.8 Å². The fraction of sp³-hybridized carbons (Fsp3) is 0.185. The molecule has 1 aliphatic heterocycles. The lowest BCUT2D eigenvalue weighted by molar-refractivity contribution is 0.209. The molecule has 4 aromatic rings. The standard InChI is InChI=1S/C27H24F2N6O5/c1-14-18(13-33(2)32-14)19-9-20-15(11-30-19)12-34(25-23(28)21(39-3)10-22(40-4)24(25)29)27(38)35(20)17-7-5-16(6-8-17)31-26(36)37/h5-11,13,31H,12H2,1-4H3,(H,36,37). The van der Waals surface area contributed by atoms with Gasteiger partial charge in [-0.25, -0.2) is 18.4 Å². The molecule has 3 amide bonds. The molecule has 0 spiro atoms. The average molecular weight is 551 g/mol. The SMILES string of the molecule is COc1cc(OC)c(F)c(N2Cc3cnc(-c4cn(C)nc4C)cc3N(c3ccc(NC(=O)O)cc3)C2=O)c1F. The fourth-order valence-electron chi connectivity index (χ4n) is 4.61. The molecule has 2 N–H and O–H groups in total. The third-order valence-corrected chi connectivity index (χ3v) is 6.44. The van der Waals surface area contributed by atoms with Gasteiger partial charge in [-0.2, -0.15) is 5.10 Å². The van der Waals surface area contributed by atoms with E-state index in [1.54, 1.807) is 24.0 Å². The number of aryl methyl sites for hydroxylation is 2. The molecule has 0 fully saturated rings. The van der Waals surface area contributed by atoms with Crippen LogP contribution in [0.5, 0.6) is 11.5 Å². The number of nitrogens with zero attached hydrogens (tertiary/aromatic N) is 5. The van der Waals surface area contributed by atoms with Gasteiger partial charge in [0.15, 0.2) is 23.1 Å². The molecular weight excluding hydrogens is 526 g/mol. The third kappa shape index (κ3) is 4.51. The number of rotatable bonds is 6. The summed E-state index contributed by atoms with van der Waals surface area (Å²) in [5, 5.41) is 15.6. The number of urea groups is 1. The Kier molecular flexibility index (Phi) is 6.71. The van der Waals surface area contributed by atoms with E-state index in [0.717, 1.165) is 22.2 Å². The Hall–Kier alpha value is -5.20. The lowest BCUT2D eigenvalue weighted by Crippen LogP contribution is -2.45. The molecule has 0 unspecified atom stereocenters.